The fourth-order valence-corrected chi connectivity index (χ4v) is 0.777. The minimum absolute atomic E-state index is 0.196. The molecular weight excluding hydrogens is 144 g/mol. The molecule has 1 rings (SSSR count). The lowest BCUT2D eigenvalue weighted by atomic mass is 10.6. The van der Waals surface area contributed by atoms with Crippen molar-refractivity contribution < 1.29 is 9.84 Å². The van der Waals surface area contributed by atoms with Crippen molar-refractivity contribution >= 4 is 0 Å². The molecule has 0 radical (unpaired) electrons. The maximum absolute atomic E-state index is 8.89. The fourth-order valence-electron chi connectivity index (χ4n) is 0.777. The SMILES string of the molecule is CCOCCn1cc(O)cn1. The number of rotatable bonds is 4. The lowest BCUT2D eigenvalue weighted by Gasteiger charge is -1.99. The van der Waals surface area contributed by atoms with Crippen LogP contribution in [0.25, 0.3) is 0 Å². The molecule has 4 nitrogen and oxygen atoms in total. The van der Waals surface area contributed by atoms with E-state index in [9.17, 15) is 0 Å². The molecule has 0 spiro atoms. The van der Waals surface area contributed by atoms with Gasteiger partial charge in [-0.15, -0.1) is 0 Å². The van der Waals surface area contributed by atoms with Gasteiger partial charge in [0.05, 0.1) is 25.5 Å². The maximum Gasteiger partial charge on any atom is 0.153 e. The van der Waals surface area contributed by atoms with Crippen LogP contribution in [0.2, 0.25) is 0 Å². The van der Waals surface area contributed by atoms with Gasteiger partial charge in [0.1, 0.15) is 0 Å². The monoisotopic (exact) mass is 156 g/mol. The summed E-state index contributed by atoms with van der Waals surface area (Å²) in [5, 5.41) is 12.8. The largest absolute Gasteiger partial charge is 0.505 e. The van der Waals surface area contributed by atoms with Crippen molar-refractivity contribution in [1.29, 1.82) is 0 Å². The zero-order chi connectivity index (χ0) is 8.10. The standard InChI is InChI=1S/C7H12N2O2/c1-2-11-4-3-9-6-7(10)5-8-9/h5-6,10H,2-4H2,1H3. The van der Waals surface area contributed by atoms with Crippen LogP contribution in [0.1, 0.15) is 6.92 Å². The zero-order valence-electron chi connectivity index (χ0n) is 6.53. The first kappa shape index (κ1) is 8.07. The summed E-state index contributed by atoms with van der Waals surface area (Å²) in [6.45, 7) is 3.99. The van der Waals surface area contributed by atoms with Crippen molar-refractivity contribution in [3.63, 3.8) is 0 Å². The maximum atomic E-state index is 8.89. The predicted octanol–water partition coefficient (Wildman–Crippen LogP) is 0.625. The summed E-state index contributed by atoms with van der Waals surface area (Å²) in [7, 11) is 0. The van der Waals surface area contributed by atoms with Gasteiger partial charge in [-0.25, -0.2) is 0 Å². The van der Waals surface area contributed by atoms with Crippen LogP contribution in [0.3, 0.4) is 0 Å². The van der Waals surface area contributed by atoms with Crippen LogP contribution in [0.15, 0.2) is 12.4 Å². The fraction of sp³-hybridized carbons (Fsp3) is 0.571. The minimum Gasteiger partial charge on any atom is -0.505 e. The van der Waals surface area contributed by atoms with E-state index in [2.05, 4.69) is 5.10 Å². The van der Waals surface area contributed by atoms with Crippen LogP contribution >= 0.6 is 0 Å². The second-order valence-electron chi connectivity index (χ2n) is 2.16. The highest BCUT2D eigenvalue weighted by atomic mass is 16.5. The Kier molecular flexibility index (Phi) is 2.92. The molecule has 4 heteroatoms. The summed E-state index contributed by atoms with van der Waals surface area (Å²) >= 11 is 0. The lowest BCUT2D eigenvalue weighted by Crippen LogP contribution is -2.05. The van der Waals surface area contributed by atoms with E-state index in [-0.39, 0.29) is 5.75 Å². The molecule has 0 bridgehead atoms. The number of aromatic nitrogens is 2. The molecule has 0 atom stereocenters. The van der Waals surface area contributed by atoms with Crippen LogP contribution in [-0.4, -0.2) is 28.1 Å². The van der Waals surface area contributed by atoms with E-state index in [1.165, 1.54) is 6.20 Å². The highest BCUT2D eigenvalue weighted by Gasteiger charge is 1.93. The number of hydrogen-bond donors (Lipinski definition) is 1. The summed E-state index contributed by atoms with van der Waals surface area (Å²) in [6.07, 6.45) is 2.98. The van der Waals surface area contributed by atoms with E-state index in [4.69, 9.17) is 9.84 Å². The number of aromatic hydroxyl groups is 1. The first-order valence-corrected chi connectivity index (χ1v) is 3.62. The van der Waals surface area contributed by atoms with Gasteiger partial charge in [-0.3, -0.25) is 4.68 Å². The van der Waals surface area contributed by atoms with Gasteiger partial charge in [-0.05, 0) is 6.92 Å². The van der Waals surface area contributed by atoms with E-state index < -0.39 is 0 Å². The van der Waals surface area contributed by atoms with E-state index in [1.807, 2.05) is 6.92 Å². The number of nitrogens with zero attached hydrogens (tertiary/aromatic N) is 2. The molecule has 0 amide bonds. The van der Waals surface area contributed by atoms with Crippen molar-refractivity contribution in [2.75, 3.05) is 13.2 Å². The highest BCUT2D eigenvalue weighted by Crippen LogP contribution is 2.03. The third-order valence-electron chi connectivity index (χ3n) is 1.29. The smallest absolute Gasteiger partial charge is 0.153 e. The van der Waals surface area contributed by atoms with E-state index >= 15 is 0 Å². The first-order chi connectivity index (χ1) is 5.33. The van der Waals surface area contributed by atoms with Gasteiger partial charge in [-0.2, -0.15) is 5.10 Å². The molecule has 0 unspecified atom stereocenters. The molecule has 1 aromatic heterocycles. The summed E-state index contributed by atoms with van der Waals surface area (Å²) in [5.41, 5.74) is 0. The molecule has 0 aliphatic rings. The second-order valence-corrected chi connectivity index (χ2v) is 2.16. The Morgan fingerprint density at radius 2 is 2.55 bits per heavy atom. The Bertz CT molecular complexity index is 210. The zero-order valence-corrected chi connectivity index (χ0v) is 6.53. The molecule has 0 fully saturated rings. The van der Waals surface area contributed by atoms with Crippen LogP contribution in [0, 0.1) is 0 Å². The third-order valence-corrected chi connectivity index (χ3v) is 1.29. The average Bonchev–Trinajstić information content (AvgIpc) is 2.37. The van der Waals surface area contributed by atoms with Crippen molar-refractivity contribution in [2.45, 2.75) is 13.5 Å². The van der Waals surface area contributed by atoms with Crippen LogP contribution in [0.5, 0.6) is 5.75 Å². The number of hydrogen-bond acceptors (Lipinski definition) is 3. The van der Waals surface area contributed by atoms with Gasteiger partial charge < -0.3 is 9.84 Å². The Labute approximate surface area is 65.4 Å². The Morgan fingerprint density at radius 1 is 1.73 bits per heavy atom. The summed E-state index contributed by atoms with van der Waals surface area (Å²) in [6, 6.07) is 0. The predicted molar refractivity (Wildman–Crippen MR) is 40.4 cm³/mol. The van der Waals surface area contributed by atoms with Gasteiger partial charge in [0.2, 0.25) is 0 Å². The first-order valence-electron chi connectivity index (χ1n) is 3.62. The van der Waals surface area contributed by atoms with Crippen molar-refractivity contribution in [3.8, 4) is 5.75 Å². The van der Waals surface area contributed by atoms with E-state index in [1.54, 1.807) is 10.9 Å². The van der Waals surface area contributed by atoms with Crippen LogP contribution in [-0.2, 0) is 11.3 Å². The molecule has 0 saturated carbocycles. The topological polar surface area (TPSA) is 47.3 Å². The quantitative estimate of drug-likeness (QED) is 0.650. The molecule has 1 heterocycles. The van der Waals surface area contributed by atoms with Crippen molar-refractivity contribution in [3.05, 3.63) is 12.4 Å². The molecule has 0 aromatic carbocycles. The highest BCUT2D eigenvalue weighted by molar-refractivity contribution is 5.08. The molecule has 11 heavy (non-hydrogen) atoms. The van der Waals surface area contributed by atoms with Crippen LogP contribution in [0.4, 0.5) is 0 Å². The van der Waals surface area contributed by atoms with Crippen LogP contribution < -0.4 is 0 Å². The Balaban J connectivity index is 2.27. The van der Waals surface area contributed by atoms with Gasteiger partial charge in [0.15, 0.2) is 5.75 Å². The van der Waals surface area contributed by atoms with E-state index in [0.29, 0.717) is 19.8 Å². The molecule has 1 N–H and O–H groups in total. The van der Waals surface area contributed by atoms with Gasteiger partial charge in [-0.1, -0.05) is 0 Å². The average molecular weight is 156 g/mol. The Hall–Kier alpha value is -1.03. The second kappa shape index (κ2) is 3.98. The van der Waals surface area contributed by atoms with E-state index in [0.717, 1.165) is 0 Å². The molecule has 1 aromatic rings. The minimum atomic E-state index is 0.196. The molecule has 62 valence electrons. The summed E-state index contributed by atoms with van der Waals surface area (Å²) in [5.74, 6) is 0.196. The normalized spacial score (nSPS) is 10.3. The molecular formula is C7H12N2O2. The van der Waals surface area contributed by atoms with Gasteiger partial charge >= 0.3 is 0 Å². The summed E-state index contributed by atoms with van der Waals surface area (Å²) in [4.78, 5) is 0. The number of ether oxygens (including phenoxy) is 1. The van der Waals surface area contributed by atoms with Gasteiger partial charge in [0, 0.05) is 6.61 Å². The molecule has 0 aliphatic heterocycles. The lowest BCUT2D eigenvalue weighted by molar-refractivity contribution is 0.136. The van der Waals surface area contributed by atoms with Crippen molar-refractivity contribution in [1.82, 2.24) is 9.78 Å². The van der Waals surface area contributed by atoms with Gasteiger partial charge in [0.25, 0.3) is 0 Å². The Morgan fingerprint density at radius 3 is 3.09 bits per heavy atom. The molecule has 0 aliphatic carbocycles. The van der Waals surface area contributed by atoms with Crippen molar-refractivity contribution in [2.24, 2.45) is 0 Å². The summed E-state index contributed by atoms with van der Waals surface area (Å²) < 4.78 is 6.75. The molecule has 0 saturated heterocycles. The third kappa shape index (κ3) is 2.59.